The molecule has 0 saturated carbocycles. The molecule has 0 radical (unpaired) electrons. The van der Waals surface area contributed by atoms with E-state index in [9.17, 15) is 4.79 Å². The summed E-state index contributed by atoms with van der Waals surface area (Å²) in [5.41, 5.74) is 9.41. The fourth-order valence-corrected chi connectivity index (χ4v) is 3.94. The second-order valence-corrected chi connectivity index (χ2v) is 7.23. The molecular weight excluding hydrogens is 324 g/mol. The Morgan fingerprint density at radius 2 is 2.08 bits per heavy atom. The van der Waals surface area contributed by atoms with Crippen molar-refractivity contribution >= 4 is 16.9 Å². The Labute approximate surface area is 153 Å². The number of hydrogen-bond acceptors (Lipinski definition) is 3. The lowest BCUT2D eigenvalue weighted by Gasteiger charge is -2.16. The average molecular weight is 348 g/mol. The number of amides is 1. The fourth-order valence-electron chi connectivity index (χ4n) is 3.94. The first kappa shape index (κ1) is 16.8. The molecule has 4 rings (SSSR count). The third-order valence-electron chi connectivity index (χ3n) is 5.35. The minimum Gasteiger partial charge on any atom is -0.366 e. The second kappa shape index (κ2) is 6.92. The molecule has 0 bridgehead atoms. The normalized spacial score (nSPS) is 17.8. The van der Waals surface area contributed by atoms with Crippen molar-refractivity contribution in [2.24, 2.45) is 18.7 Å². The Kier molecular flexibility index (Phi) is 4.47. The number of likely N-dealkylation sites (tertiary alicyclic amines) is 1. The minimum absolute atomic E-state index is 0.359. The van der Waals surface area contributed by atoms with Gasteiger partial charge in [0.05, 0.1) is 17.6 Å². The van der Waals surface area contributed by atoms with Crippen molar-refractivity contribution in [2.75, 3.05) is 13.1 Å². The van der Waals surface area contributed by atoms with Crippen LogP contribution in [0.5, 0.6) is 0 Å². The number of carbonyl (C=O) groups excluding carboxylic acids is 1. The molecule has 0 aliphatic carbocycles. The number of rotatable bonds is 5. The monoisotopic (exact) mass is 348 g/mol. The number of benzene rings is 2. The molecule has 1 saturated heterocycles. The van der Waals surface area contributed by atoms with Crippen LogP contribution in [0.15, 0.2) is 48.5 Å². The maximum absolute atomic E-state index is 11.4. The zero-order chi connectivity index (χ0) is 18.1. The predicted molar refractivity (Wildman–Crippen MR) is 103 cm³/mol. The van der Waals surface area contributed by atoms with Crippen molar-refractivity contribution in [1.29, 1.82) is 0 Å². The molecule has 1 amide bonds. The maximum Gasteiger partial charge on any atom is 0.248 e. The van der Waals surface area contributed by atoms with Gasteiger partial charge in [-0.15, -0.1) is 0 Å². The van der Waals surface area contributed by atoms with E-state index in [2.05, 4.69) is 40.8 Å². The predicted octanol–water partition coefficient (Wildman–Crippen LogP) is 2.74. The minimum atomic E-state index is -0.359. The molecule has 1 aliphatic rings. The number of hydrogen-bond donors (Lipinski definition) is 1. The van der Waals surface area contributed by atoms with E-state index in [-0.39, 0.29) is 5.91 Å². The molecule has 134 valence electrons. The van der Waals surface area contributed by atoms with Crippen LogP contribution >= 0.6 is 0 Å². The van der Waals surface area contributed by atoms with Crippen molar-refractivity contribution < 1.29 is 4.79 Å². The molecule has 2 N–H and O–H groups in total. The first-order valence-corrected chi connectivity index (χ1v) is 9.11. The van der Waals surface area contributed by atoms with E-state index in [4.69, 9.17) is 10.7 Å². The number of fused-ring (bicyclic) bond motifs is 1. The van der Waals surface area contributed by atoms with Crippen LogP contribution in [0.1, 0.15) is 28.2 Å². The van der Waals surface area contributed by atoms with Gasteiger partial charge in [-0.2, -0.15) is 0 Å². The van der Waals surface area contributed by atoms with Crippen LogP contribution in [-0.4, -0.2) is 33.4 Å². The molecule has 1 aromatic heterocycles. The summed E-state index contributed by atoms with van der Waals surface area (Å²) in [6.07, 6.45) is 2.16. The number of para-hydroxylation sites is 2. The van der Waals surface area contributed by atoms with Gasteiger partial charge in [-0.1, -0.05) is 24.3 Å². The van der Waals surface area contributed by atoms with Gasteiger partial charge < -0.3 is 10.3 Å². The third-order valence-corrected chi connectivity index (χ3v) is 5.35. The van der Waals surface area contributed by atoms with Crippen molar-refractivity contribution in [1.82, 2.24) is 14.5 Å². The first-order chi connectivity index (χ1) is 12.6. The van der Waals surface area contributed by atoms with Gasteiger partial charge in [0, 0.05) is 19.2 Å². The molecule has 5 nitrogen and oxygen atoms in total. The molecule has 0 spiro atoms. The highest BCUT2D eigenvalue weighted by Gasteiger charge is 2.24. The summed E-state index contributed by atoms with van der Waals surface area (Å²) >= 11 is 0. The summed E-state index contributed by atoms with van der Waals surface area (Å²) in [6.45, 7) is 3.02. The van der Waals surface area contributed by atoms with Gasteiger partial charge in [0.1, 0.15) is 5.82 Å². The van der Waals surface area contributed by atoms with E-state index in [1.807, 2.05) is 18.2 Å². The first-order valence-electron chi connectivity index (χ1n) is 9.11. The molecule has 1 aliphatic heterocycles. The van der Waals surface area contributed by atoms with Crippen LogP contribution in [0.4, 0.5) is 0 Å². The van der Waals surface area contributed by atoms with Crippen LogP contribution in [0, 0.1) is 5.92 Å². The van der Waals surface area contributed by atoms with Gasteiger partial charge >= 0.3 is 0 Å². The van der Waals surface area contributed by atoms with E-state index in [1.165, 1.54) is 17.5 Å². The summed E-state index contributed by atoms with van der Waals surface area (Å²) in [5.74, 6) is 1.36. The molecule has 1 unspecified atom stereocenters. The zero-order valence-corrected chi connectivity index (χ0v) is 15.1. The van der Waals surface area contributed by atoms with Crippen molar-refractivity contribution in [3.05, 3.63) is 65.5 Å². The van der Waals surface area contributed by atoms with Crippen LogP contribution in [0.25, 0.3) is 11.0 Å². The van der Waals surface area contributed by atoms with Crippen molar-refractivity contribution in [2.45, 2.75) is 19.4 Å². The number of nitrogens with zero attached hydrogens (tertiary/aromatic N) is 3. The maximum atomic E-state index is 11.4. The molecule has 2 heterocycles. The molecule has 26 heavy (non-hydrogen) atoms. The topological polar surface area (TPSA) is 64.2 Å². The van der Waals surface area contributed by atoms with Gasteiger partial charge in [-0.25, -0.2) is 4.98 Å². The molecule has 5 heteroatoms. The molecular formula is C21H24N4O. The number of aryl methyl sites for hydroxylation is 1. The highest BCUT2D eigenvalue weighted by Crippen LogP contribution is 2.24. The van der Waals surface area contributed by atoms with Crippen molar-refractivity contribution in [3.8, 4) is 0 Å². The molecule has 1 atom stereocenters. The third kappa shape index (κ3) is 3.35. The number of primary amides is 1. The highest BCUT2D eigenvalue weighted by molar-refractivity contribution is 5.92. The molecule has 3 aromatic rings. The fraction of sp³-hybridized carbons (Fsp3) is 0.333. The smallest absolute Gasteiger partial charge is 0.248 e. The number of imidazole rings is 1. The Balaban J connectivity index is 1.41. The Bertz CT molecular complexity index is 946. The standard InChI is InChI=1S/C21H24N4O/c1-24-19-8-3-2-7-18(19)23-20(24)14-25-10-9-16(13-25)11-15-5-4-6-17(12-15)21(22)26/h2-8,12,16H,9-11,13-14H2,1H3,(H2,22,26). The summed E-state index contributed by atoms with van der Waals surface area (Å²) < 4.78 is 2.19. The average Bonchev–Trinajstić information content (AvgIpc) is 3.20. The molecule has 1 fully saturated rings. The van der Waals surface area contributed by atoms with Crippen LogP contribution in [0.3, 0.4) is 0 Å². The quantitative estimate of drug-likeness (QED) is 0.771. The molecule has 2 aromatic carbocycles. The van der Waals surface area contributed by atoms with Gasteiger partial charge in [-0.05, 0) is 55.1 Å². The number of nitrogens with two attached hydrogens (primary N) is 1. The Morgan fingerprint density at radius 1 is 1.23 bits per heavy atom. The summed E-state index contributed by atoms with van der Waals surface area (Å²) in [5, 5.41) is 0. The van der Waals surface area contributed by atoms with Crippen LogP contribution in [-0.2, 0) is 20.0 Å². The van der Waals surface area contributed by atoms with Crippen LogP contribution in [0.2, 0.25) is 0 Å². The lowest BCUT2D eigenvalue weighted by Crippen LogP contribution is -2.22. The summed E-state index contributed by atoms with van der Waals surface area (Å²) in [6, 6.07) is 16.0. The highest BCUT2D eigenvalue weighted by atomic mass is 16.1. The van der Waals surface area contributed by atoms with E-state index < -0.39 is 0 Å². The number of carbonyl (C=O) groups is 1. The summed E-state index contributed by atoms with van der Waals surface area (Å²) in [4.78, 5) is 18.6. The van der Waals surface area contributed by atoms with Crippen molar-refractivity contribution in [3.63, 3.8) is 0 Å². The Morgan fingerprint density at radius 3 is 2.88 bits per heavy atom. The van der Waals surface area contributed by atoms with E-state index in [0.29, 0.717) is 11.5 Å². The second-order valence-electron chi connectivity index (χ2n) is 7.23. The zero-order valence-electron chi connectivity index (χ0n) is 15.1. The van der Waals surface area contributed by atoms with E-state index >= 15 is 0 Å². The van der Waals surface area contributed by atoms with Gasteiger partial charge in [-0.3, -0.25) is 9.69 Å². The summed E-state index contributed by atoms with van der Waals surface area (Å²) in [7, 11) is 2.09. The van der Waals surface area contributed by atoms with Crippen LogP contribution < -0.4 is 5.73 Å². The largest absolute Gasteiger partial charge is 0.366 e. The van der Waals surface area contributed by atoms with Gasteiger partial charge in [0.15, 0.2) is 0 Å². The number of aromatic nitrogens is 2. The Hall–Kier alpha value is -2.66. The van der Waals surface area contributed by atoms with Gasteiger partial charge in [0.25, 0.3) is 0 Å². The van der Waals surface area contributed by atoms with E-state index in [1.54, 1.807) is 6.07 Å². The van der Waals surface area contributed by atoms with E-state index in [0.717, 1.165) is 37.4 Å². The lowest BCUT2D eigenvalue weighted by atomic mass is 9.97. The SMILES string of the molecule is Cn1c(CN2CCC(Cc3cccc(C(N)=O)c3)C2)nc2ccccc21. The van der Waals surface area contributed by atoms with Gasteiger partial charge in [0.2, 0.25) is 5.91 Å². The lowest BCUT2D eigenvalue weighted by molar-refractivity contribution is 0.1000.